The number of hydrogen-bond donors (Lipinski definition) is 2. The van der Waals surface area contributed by atoms with E-state index in [1.807, 2.05) is 5.43 Å². The maximum atomic E-state index is 12.7. The van der Waals surface area contributed by atoms with Crippen molar-refractivity contribution in [2.24, 2.45) is 5.84 Å². The minimum Gasteiger partial charge on any atom is -0.479 e. The highest BCUT2D eigenvalue weighted by Crippen LogP contribution is 2.25. The molecule has 0 aliphatic carbocycles. The maximum absolute atomic E-state index is 12.7. The van der Waals surface area contributed by atoms with Crippen molar-refractivity contribution < 1.29 is 13.9 Å². The first-order valence-corrected chi connectivity index (χ1v) is 4.54. The van der Waals surface area contributed by atoms with Crippen LogP contribution in [0.25, 0.3) is 0 Å². The van der Waals surface area contributed by atoms with Crippen molar-refractivity contribution in [3.05, 3.63) is 29.0 Å². The van der Waals surface area contributed by atoms with Crippen LogP contribution in [0, 0.1) is 5.82 Å². The molecule has 0 radical (unpaired) electrons. The molecule has 15 heavy (non-hydrogen) atoms. The second kappa shape index (κ2) is 4.95. The van der Waals surface area contributed by atoms with E-state index in [-0.39, 0.29) is 10.8 Å². The van der Waals surface area contributed by atoms with Crippen molar-refractivity contribution in [1.29, 1.82) is 0 Å². The zero-order chi connectivity index (χ0) is 11.4. The molecule has 0 saturated carbocycles. The Balaban J connectivity index is 2.76. The maximum Gasteiger partial charge on any atom is 0.274 e. The van der Waals surface area contributed by atoms with Gasteiger partial charge in [0.05, 0.1) is 5.02 Å². The molecule has 4 nitrogen and oxygen atoms in total. The van der Waals surface area contributed by atoms with E-state index in [0.29, 0.717) is 0 Å². The van der Waals surface area contributed by atoms with Crippen molar-refractivity contribution in [3.8, 4) is 5.75 Å². The lowest BCUT2D eigenvalue weighted by Gasteiger charge is -2.13. The van der Waals surface area contributed by atoms with Crippen LogP contribution in [0.3, 0.4) is 0 Å². The molecule has 1 aromatic rings. The van der Waals surface area contributed by atoms with Gasteiger partial charge in [0.25, 0.3) is 5.91 Å². The summed E-state index contributed by atoms with van der Waals surface area (Å²) in [5, 5.41) is 0.103. The Morgan fingerprint density at radius 1 is 1.67 bits per heavy atom. The second-order valence-electron chi connectivity index (χ2n) is 2.84. The smallest absolute Gasteiger partial charge is 0.274 e. The summed E-state index contributed by atoms with van der Waals surface area (Å²) in [6, 6.07) is 3.64. The van der Waals surface area contributed by atoms with Gasteiger partial charge in [0.15, 0.2) is 6.10 Å². The Bertz CT molecular complexity index is 373. The molecule has 82 valence electrons. The molecule has 0 unspecified atom stereocenters. The lowest BCUT2D eigenvalue weighted by Crippen LogP contribution is -2.40. The van der Waals surface area contributed by atoms with Crippen molar-refractivity contribution in [2.45, 2.75) is 13.0 Å². The van der Waals surface area contributed by atoms with Gasteiger partial charge in [-0.2, -0.15) is 0 Å². The van der Waals surface area contributed by atoms with Gasteiger partial charge in [-0.25, -0.2) is 10.2 Å². The Labute approximate surface area is 91.1 Å². The van der Waals surface area contributed by atoms with Crippen LogP contribution in [0.2, 0.25) is 5.02 Å². The van der Waals surface area contributed by atoms with Crippen LogP contribution in [0.5, 0.6) is 5.75 Å². The summed E-state index contributed by atoms with van der Waals surface area (Å²) < 4.78 is 17.8. The number of carbonyl (C=O) groups excluding carboxylic acids is 1. The van der Waals surface area contributed by atoms with Crippen LogP contribution in [0.15, 0.2) is 18.2 Å². The highest BCUT2D eigenvalue weighted by Gasteiger charge is 2.14. The first-order valence-electron chi connectivity index (χ1n) is 4.16. The normalized spacial score (nSPS) is 12.0. The number of nitrogens with two attached hydrogens (primary N) is 1. The standard InChI is InChI=1S/C9H10ClFN2O2/c1-5(9(14)13-12)15-8-3-2-6(11)4-7(8)10/h2-5H,12H2,1H3,(H,13,14)/t5-/m0/s1. The quantitative estimate of drug-likeness (QED) is 0.468. The third kappa shape index (κ3) is 3.07. The summed E-state index contributed by atoms with van der Waals surface area (Å²) in [4.78, 5) is 11.0. The van der Waals surface area contributed by atoms with Gasteiger partial charge in [0.2, 0.25) is 0 Å². The third-order valence-electron chi connectivity index (χ3n) is 1.71. The van der Waals surface area contributed by atoms with Gasteiger partial charge in [-0.3, -0.25) is 10.2 Å². The van der Waals surface area contributed by atoms with E-state index < -0.39 is 17.8 Å². The lowest BCUT2D eigenvalue weighted by molar-refractivity contribution is -0.127. The topological polar surface area (TPSA) is 64.3 Å². The van der Waals surface area contributed by atoms with Gasteiger partial charge in [-0.1, -0.05) is 11.6 Å². The average molecular weight is 233 g/mol. The second-order valence-corrected chi connectivity index (χ2v) is 3.25. The highest BCUT2D eigenvalue weighted by molar-refractivity contribution is 6.32. The van der Waals surface area contributed by atoms with Gasteiger partial charge in [-0.15, -0.1) is 0 Å². The Kier molecular flexibility index (Phi) is 3.88. The molecule has 0 bridgehead atoms. The minimum absolute atomic E-state index is 0.103. The largest absolute Gasteiger partial charge is 0.479 e. The molecule has 0 heterocycles. The van der Waals surface area contributed by atoms with E-state index in [0.717, 1.165) is 6.07 Å². The monoisotopic (exact) mass is 232 g/mol. The molecular weight excluding hydrogens is 223 g/mol. The molecule has 1 aromatic carbocycles. The molecule has 0 aromatic heterocycles. The van der Waals surface area contributed by atoms with E-state index in [1.54, 1.807) is 0 Å². The summed E-state index contributed by atoms with van der Waals surface area (Å²) >= 11 is 5.69. The van der Waals surface area contributed by atoms with Crippen molar-refractivity contribution in [1.82, 2.24) is 5.43 Å². The zero-order valence-corrected chi connectivity index (χ0v) is 8.72. The predicted molar refractivity (Wildman–Crippen MR) is 53.8 cm³/mol. The molecule has 1 rings (SSSR count). The van der Waals surface area contributed by atoms with Gasteiger partial charge in [0, 0.05) is 0 Å². The molecule has 0 aliphatic rings. The summed E-state index contributed by atoms with van der Waals surface area (Å²) in [7, 11) is 0. The number of hydrogen-bond acceptors (Lipinski definition) is 3. The summed E-state index contributed by atoms with van der Waals surface area (Å²) in [6.07, 6.45) is -0.794. The Morgan fingerprint density at radius 3 is 2.87 bits per heavy atom. The van der Waals surface area contributed by atoms with Crippen LogP contribution >= 0.6 is 11.6 Å². The fourth-order valence-corrected chi connectivity index (χ4v) is 1.14. The number of benzene rings is 1. The van der Waals surface area contributed by atoms with Crippen molar-refractivity contribution >= 4 is 17.5 Å². The molecule has 3 N–H and O–H groups in total. The molecule has 1 amide bonds. The average Bonchev–Trinajstić information content (AvgIpc) is 2.20. The van der Waals surface area contributed by atoms with Crippen LogP contribution < -0.4 is 16.0 Å². The fourth-order valence-electron chi connectivity index (χ4n) is 0.932. The van der Waals surface area contributed by atoms with Gasteiger partial charge in [-0.05, 0) is 25.1 Å². The molecule has 6 heteroatoms. The van der Waals surface area contributed by atoms with Crippen LogP contribution in [0.1, 0.15) is 6.92 Å². The number of nitrogens with one attached hydrogen (secondary N) is 1. The minimum atomic E-state index is -0.794. The number of halogens is 2. The van der Waals surface area contributed by atoms with E-state index in [4.69, 9.17) is 22.2 Å². The van der Waals surface area contributed by atoms with Crippen molar-refractivity contribution in [3.63, 3.8) is 0 Å². The zero-order valence-electron chi connectivity index (χ0n) is 7.96. The summed E-state index contributed by atoms with van der Waals surface area (Å²) in [5.74, 6) is 4.19. The van der Waals surface area contributed by atoms with Crippen molar-refractivity contribution in [2.75, 3.05) is 0 Å². The van der Waals surface area contributed by atoms with E-state index in [2.05, 4.69) is 0 Å². The fraction of sp³-hybridized carbons (Fsp3) is 0.222. The lowest BCUT2D eigenvalue weighted by atomic mass is 10.3. The molecule has 0 spiro atoms. The molecule has 1 atom stereocenters. The van der Waals surface area contributed by atoms with Gasteiger partial charge in [0.1, 0.15) is 11.6 Å². The van der Waals surface area contributed by atoms with Crippen LogP contribution in [-0.2, 0) is 4.79 Å². The molecular formula is C9H10ClFN2O2. The Hall–Kier alpha value is -1.33. The van der Waals surface area contributed by atoms with E-state index in [9.17, 15) is 9.18 Å². The molecule has 0 saturated heterocycles. The first-order chi connectivity index (χ1) is 7.04. The molecule has 0 fully saturated rings. The predicted octanol–water partition coefficient (Wildman–Crippen LogP) is 1.24. The SMILES string of the molecule is C[C@H](Oc1ccc(F)cc1Cl)C(=O)NN. The first kappa shape index (κ1) is 11.7. The number of amides is 1. The third-order valence-corrected chi connectivity index (χ3v) is 2.00. The number of rotatable bonds is 3. The van der Waals surface area contributed by atoms with Crippen LogP contribution in [0.4, 0.5) is 4.39 Å². The number of hydrazine groups is 1. The molecule has 0 aliphatic heterocycles. The Morgan fingerprint density at radius 2 is 2.33 bits per heavy atom. The number of ether oxygens (including phenoxy) is 1. The summed E-state index contributed by atoms with van der Waals surface area (Å²) in [5.41, 5.74) is 1.93. The highest BCUT2D eigenvalue weighted by atomic mass is 35.5. The van der Waals surface area contributed by atoms with Gasteiger partial charge < -0.3 is 4.74 Å². The summed E-state index contributed by atoms with van der Waals surface area (Å²) in [6.45, 7) is 1.50. The van der Waals surface area contributed by atoms with E-state index in [1.165, 1.54) is 19.1 Å². The number of carbonyl (C=O) groups is 1. The van der Waals surface area contributed by atoms with Crippen LogP contribution in [-0.4, -0.2) is 12.0 Å². The van der Waals surface area contributed by atoms with Gasteiger partial charge >= 0.3 is 0 Å². The van der Waals surface area contributed by atoms with E-state index >= 15 is 0 Å².